The van der Waals surface area contributed by atoms with E-state index in [0.717, 1.165) is 22.3 Å². The summed E-state index contributed by atoms with van der Waals surface area (Å²) in [5.74, 6) is 1.38. The molecule has 27 heavy (non-hydrogen) atoms. The molecule has 1 aliphatic heterocycles. The molecular formula is C21H19NO4S. The van der Waals surface area contributed by atoms with Crippen molar-refractivity contribution in [3.05, 3.63) is 65.7 Å². The van der Waals surface area contributed by atoms with Gasteiger partial charge < -0.3 is 9.47 Å². The molecule has 0 unspecified atom stereocenters. The molecule has 1 aliphatic rings. The first-order chi connectivity index (χ1) is 12.8. The fraction of sp³-hybridized carbons (Fsp3) is 0.143. The van der Waals surface area contributed by atoms with E-state index in [1.807, 2.05) is 12.1 Å². The maximum atomic E-state index is 11.5. The Balaban J connectivity index is 1.90. The first-order valence-corrected chi connectivity index (χ1v) is 10.0. The topological polar surface area (TPSA) is 78.6 Å². The van der Waals surface area contributed by atoms with Crippen LogP contribution in [0.25, 0.3) is 22.3 Å². The Kier molecular flexibility index (Phi) is 4.17. The van der Waals surface area contributed by atoms with Crippen LogP contribution >= 0.6 is 0 Å². The Morgan fingerprint density at radius 3 is 1.89 bits per heavy atom. The summed E-state index contributed by atoms with van der Waals surface area (Å²) >= 11 is 0. The number of fused-ring (bicyclic) bond motifs is 1. The third kappa shape index (κ3) is 3.29. The van der Waals surface area contributed by atoms with Crippen LogP contribution in [0.4, 0.5) is 0 Å². The minimum absolute atomic E-state index is 0.0831. The molecule has 0 saturated carbocycles. The lowest BCUT2D eigenvalue weighted by Gasteiger charge is -2.13. The van der Waals surface area contributed by atoms with Gasteiger partial charge in [0.2, 0.25) is 16.8 Å². The average Bonchev–Trinajstić information content (AvgIpc) is 3.10. The number of ether oxygens (including phenoxy) is 2. The molecule has 138 valence electrons. The second-order valence-corrected chi connectivity index (χ2v) is 8.18. The lowest BCUT2D eigenvalue weighted by molar-refractivity contribution is 0.174. The maximum absolute atomic E-state index is 11.5. The highest BCUT2D eigenvalue weighted by Crippen LogP contribution is 2.43. The SMILES string of the molecule is Cc1ccc(-c2cc3c(cc2-c2ccc(S(N)(=O)=O)cc2)OCO3)cc1C. The Morgan fingerprint density at radius 2 is 1.33 bits per heavy atom. The smallest absolute Gasteiger partial charge is 0.238 e. The largest absolute Gasteiger partial charge is 0.454 e. The summed E-state index contributed by atoms with van der Waals surface area (Å²) < 4.78 is 34.2. The summed E-state index contributed by atoms with van der Waals surface area (Å²) in [6.45, 7) is 4.34. The third-order valence-corrected chi connectivity index (χ3v) is 5.75. The van der Waals surface area contributed by atoms with Crippen molar-refractivity contribution in [2.24, 2.45) is 5.14 Å². The minimum Gasteiger partial charge on any atom is -0.454 e. The van der Waals surface area contributed by atoms with Crippen LogP contribution in [-0.4, -0.2) is 15.2 Å². The van der Waals surface area contributed by atoms with Crippen molar-refractivity contribution in [2.45, 2.75) is 18.7 Å². The van der Waals surface area contributed by atoms with Crippen molar-refractivity contribution in [3.63, 3.8) is 0 Å². The van der Waals surface area contributed by atoms with Crippen LogP contribution in [0.2, 0.25) is 0 Å². The highest BCUT2D eigenvalue weighted by Gasteiger charge is 2.19. The van der Waals surface area contributed by atoms with Crippen molar-refractivity contribution < 1.29 is 17.9 Å². The lowest BCUT2D eigenvalue weighted by Crippen LogP contribution is -2.11. The number of primary sulfonamides is 1. The Bertz CT molecular complexity index is 1140. The summed E-state index contributed by atoms with van der Waals surface area (Å²) in [6, 6.07) is 16.7. The van der Waals surface area contributed by atoms with E-state index >= 15 is 0 Å². The van der Waals surface area contributed by atoms with E-state index in [4.69, 9.17) is 14.6 Å². The summed E-state index contributed by atoms with van der Waals surface area (Å²) in [6.07, 6.45) is 0. The molecule has 5 nitrogen and oxygen atoms in total. The Hall–Kier alpha value is -2.83. The number of hydrogen-bond acceptors (Lipinski definition) is 4. The molecule has 3 aromatic rings. The number of aryl methyl sites for hydroxylation is 2. The highest BCUT2D eigenvalue weighted by atomic mass is 32.2. The van der Waals surface area contributed by atoms with Crippen molar-refractivity contribution in [2.75, 3.05) is 6.79 Å². The minimum atomic E-state index is -3.73. The van der Waals surface area contributed by atoms with Crippen molar-refractivity contribution in [1.82, 2.24) is 0 Å². The van der Waals surface area contributed by atoms with Gasteiger partial charge in [0, 0.05) is 0 Å². The Labute approximate surface area is 158 Å². The molecule has 4 rings (SSSR count). The molecule has 0 amide bonds. The quantitative estimate of drug-likeness (QED) is 0.743. The molecule has 0 aliphatic carbocycles. The molecule has 0 radical (unpaired) electrons. The van der Waals surface area contributed by atoms with E-state index in [9.17, 15) is 8.42 Å². The van der Waals surface area contributed by atoms with E-state index in [0.29, 0.717) is 11.5 Å². The highest BCUT2D eigenvalue weighted by molar-refractivity contribution is 7.89. The van der Waals surface area contributed by atoms with Crippen molar-refractivity contribution in [1.29, 1.82) is 0 Å². The molecule has 0 aromatic heterocycles. The van der Waals surface area contributed by atoms with Gasteiger partial charge in [-0.05, 0) is 71.5 Å². The van der Waals surface area contributed by atoms with Crippen molar-refractivity contribution >= 4 is 10.0 Å². The number of hydrogen-bond donors (Lipinski definition) is 1. The van der Waals surface area contributed by atoms with Gasteiger partial charge in [-0.1, -0.05) is 30.3 Å². The van der Waals surface area contributed by atoms with E-state index in [-0.39, 0.29) is 11.7 Å². The molecule has 0 saturated heterocycles. The van der Waals surface area contributed by atoms with Crippen LogP contribution in [0.1, 0.15) is 11.1 Å². The fourth-order valence-electron chi connectivity index (χ4n) is 3.15. The molecular weight excluding hydrogens is 362 g/mol. The van der Waals surface area contributed by atoms with Gasteiger partial charge in [-0.15, -0.1) is 0 Å². The zero-order valence-corrected chi connectivity index (χ0v) is 15.8. The molecule has 0 bridgehead atoms. The summed E-state index contributed by atoms with van der Waals surface area (Å²) in [7, 11) is -3.73. The average molecular weight is 381 g/mol. The number of nitrogens with two attached hydrogens (primary N) is 1. The summed E-state index contributed by atoms with van der Waals surface area (Å²) in [5.41, 5.74) is 6.27. The molecule has 6 heteroatoms. The second-order valence-electron chi connectivity index (χ2n) is 6.62. The lowest BCUT2D eigenvalue weighted by atomic mass is 9.92. The monoisotopic (exact) mass is 381 g/mol. The summed E-state index contributed by atoms with van der Waals surface area (Å²) in [5, 5.41) is 5.21. The van der Waals surface area contributed by atoms with E-state index in [1.165, 1.54) is 23.3 Å². The maximum Gasteiger partial charge on any atom is 0.238 e. The van der Waals surface area contributed by atoms with Crippen LogP contribution in [0, 0.1) is 13.8 Å². The fourth-order valence-corrected chi connectivity index (χ4v) is 3.67. The van der Waals surface area contributed by atoms with E-state index in [2.05, 4.69) is 32.0 Å². The van der Waals surface area contributed by atoms with Crippen LogP contribution in [0.5, 0.6) is 11.5 Å². The number of sulfonamides is 1. The van der Waals surface area contributed by atoms with Crippen LogP contribution in [-0.2, 0) is 10.0 Å². The normalized spacial score (nSPS) is 13.0. The third-order valence-electron chi connectivity index (χ3n) is 4.82. The molecule has 3 aromatic carbocycles. The van der Waals surface area contributed by atoms with Crippen LogP contribution in [0.3, 0.4) is 0 Å². The Morgan fingerprint density at radius 1 is 0.778 bits per heavy atom. The molecule has 1 heterocycles. The number of benzene rings is 3. The van der Waals surface area contributed by atoms with Gasteiger partial charge in [-0.2, -0.15) is 0 Å². The van der Waals surface area contributed by atoms with E-state index in [1.54, 1.807) is 12.1 Å². The van der Waals surface area contributed by atoms with Gasteiger partial charge in [0.05, 0.1) is 4.90 Å². The first-order valence-electron chi connectivity index (χ1n) is 8.47. The standard InChI is InChI=1S/C21H19NO4S/c1-13-3-4-16(9-14(13)2)19-11-21-20(25-12-26-21)10-18(19)15-5-7-17(8-6-15)27(22,23)24/h3-11H,12H2,1-2H3,(H2,22,23,24). The molecule has 2 N–H and O–H groups in total. The van der Waals surface area contributed by atoms with Gasteiger partial charge in [-0.25, -0.2) is 13.6 Å². The van der Waals surface area contributed by atoms with Crippen LogP contribution in [0.15, 0.2) is 59.5 Å². The zero-order valence-electron chi connectivity index (χ0n) is 15.0. The second kappa shape index (κ2) is 6.40. The van der Waals surface area contributed by atoms with E-state index < -0.39 is 10.0 Å². The predicted molar refractivity (Wildman–Crippen MR) is 104 cm³/mol. The predicted octanol–water partition coefficient (Wildman–Crippen LogP) is 4.01. The summed E-state index contributed by atoms with van der Waals surface area (Å²) in [4.78, 5) is 0.0831. The van der Waals surface area contributed by atoms with Crippen molar-refractivity contribution in [3.8, 4) is 33.8 Å². The van der Waals surface area contributed by atoms with Crippen LogP contribution < -0.4 is 14.6 Å². The van der Waals surface area contributed by atoms with Gasteiger partial charge in [0.25, 0.3) is 0 Å². The first kappa shape index (κ1) is 17.6. The van der Waals surface area contributed by atoms with Gasteiger partial charge in [-0.3, -0.25) is 0 Å². The molecule has 0 spiro atoms. The number of rotatable bonds is 3. The molecule has 0 fully saturated rings. The molecule has 0 atom stereocenters. The zero-order chi connectivity index (χ0) is 19.2. The van der Waals surface area contributed by atoms with Gasteiger partial charge >= 0.3 is 0 Å². The van der Waals surface area contributed by atoms with Gasteiger partial charge in [0.15, 0.2) is 11.5 Å². The van der Waals surface area contributed by atoms with Gasteiger partial charge in [0.1, 0.15) is 0 Å².